The average molecular weight is 519 g/mol. The van der Waals surface area contributed by atoms with Crippen molar-refractivity contribution >= 4 is 40.7 Å². The highest BCUT2D eigenvalue weighted by molar-refractivity contribution is 8.00. The molecule has 0 aliphatic rings. The third-order valence-corrected chi connectivity index (χ3v) is 6.76. The lowest BCUT2D eigenvalue weighted by Gasteiger charge is -2.13. The summed E-state index contributed by atoms with van der Waals surface area (Å²) in [6.45, 7) is 6.18. The molecule has 9 heteroatoms. The van der Waals surface area contributed by atoms with Gasteiger partial charge in [-0.15, -0.1) is 10.2 Å². The maximum atomic E-state index is 12.8. The fourth-order valence-electron chi connectivity index (χ4n) is 3.38. The molecule has 0 bridgehead atoms. The van der Waals surface area contributed by atoms with E-state index in [1.54, 1.807) is 0 Å². The molecule has 0 fully saturated rings. The first-order valence-electron chi connectivity index (χ1n) is 11.5. The number of carbonyl (C=O) groups is 1. The second kappa shape index (κ2) is 11.9. The van der Waals surface area contributed by atoms with Crippen molar-refractivity contribution in [2.24, 2.45) is 5.10 Å². The fraction of sp³-hybridized carbons (Fsp3) is 0.185. The van der Waals surface area contributed by atoms with Crippen LogP contribution < -0.4 is 10.7 Å². The first-order valence-corrected chi connectivity index (χ1v) is 12.7. The molecule has 0 saturated heterocycles. The number of hydrogen-bond acceptors (Lipinski definition) is 6. The zero-order valence-corrected chi connectivity index (χ0v) is 21.8. The summed E-state index contributed by atoms with van der Waals surface area (Å²) in [5, 5.41) is 17.3. The smallest absolute Gasteiger partial charge is 0.253 e. The molecule has 0 unspecified atom stereocenters. The maximum absolute atomic E-state index is 12.8. The van der Waals surface area contributed by atoms with Crippen LogP contribution in [0.15, 0.2) is 89.1 Å². The highest BCUT2D eigenvalue weighted by atomic mass is 35.5. The molecule has 0 aliphatic heterocycles. The van der Waals surface area contributed by atoms with Crippen molar-refractivity contribution < 1.29 is 4.79 Å². The van der Waals surface area contributed by atoms with Gasteiger partial charge in [0.05, 0.1) is 17.5 Å². The minimum absolute atomic E-state index is 0.213. The molecule has 0 aliphatic carbocycles. The summed E-state index contributed by atoms with van der Waals surface area (Å²) < 4.78 is 1.96. The van der Waals surface area contributed by atoms with Crippen LogP contribution in [0.2, 0.25) is 5.02 Å². The van der Waals surface area contributed by atoms with Crippen LogP contribution in [0.25, 0.3) is 5.69 Å². The lowest BCUT2D eigenvalue weighted by molar-refractivity contribution is -0.120. The van der Waals surface area contributed by atoms with Gasteiger partial charge in [0.2, 0.25) is 0 Å². The largest absolute Gasteiger partial charge is 0.378 e. The first-order chi connectivity index (χ1) is 17.4. The van der Waals surface area contributed by atoms with E-state index in [-0.39, 0.29) is 5.91 Å². The molecule has 0 radical (unpaired) electrons. The first kappa shape index (κ1) is 25.5. The van der Waals surface area contributed by atoms with Crippen LogP contribution in [0.4, 0.5) is 5.69 Å². The Morgan fingerprint density at radius 2 is 1.72 bits per heavy atom. The number of amides is 1. The van der Waals surface area contributed by atoms with Crippen molar-refractivity contribution in [3.05, 3.63) is 101 Å². The Balaban J connectivity index is 1.48. The zero-order chi connectivity index (χ0) is 25.5. The van der Waals surface area contributed by atoms with E-state index in [1.165, 1.54) is 17.3 Å². The molecule has 1 heterocycles. The highest BCUT2D eigenvalue weighted by Crippen LogP contribution is 2.26. The number of rotatable bonds is 9. The van der Waals surface area contributed by atoms with Crippen molar-refractivity contribution in [2.75, 3.05) is 5.32 Å². The number of nitrogens with zero attached hydrogens (tertiary/aromatic N) is 4. The Kier molecular flexibility index (Phi) is 8.40. The van der Waals surface area contributed by atoms with Crippen molar-refractivity contribution in [3.8, 4) is 5.69 Å². The molecule has 36 heavy (non-hydrogen) atoms. The van der Waals surface area contributed by atoms with E-state index in [0.717, 1.165) is 28.5 Å². The molecule has 1 atom stereocenters. The number of aromatic nitrogens is 3. The normalized spacial score (nSPS) is 12.3. The third kappa shape index (κ3) is 6.53. The molecule has 2 N–H and O–H groups in total. The molecular formula is C27H27ClN6OS. The van der Waals surface area contributed by atoms with Gasteiger partial charge < -0.3 is 5.32 Å². The van der Waals surface area contributed by atoms with Gasteiger partial charge in [-0.3, -0.25) is 9.36 Å². The Bertz CT molecular complexity index is 1340. The SMILES string of the molecule is C/C(=N\NC(=O)[C@H](C)Sc1nnc(CNc2ccc(Cl)cc2)n1-c1ccccc1)c1ccc(C)cc1. The van der Waals surface area contributed by atoms with Crippen LogP contribution in [0.1, 0.15) is 30.8 Å². The van der Waals surface area contributed by atoms with E-state index >= 15 is 0 Å². The third-order valence-electron chi connectivity index (χ3n) is 5.46. The number of hydrazone groups is 1. The van der Waals surface area contributed by atoms with E-state index in [4.69, 9.17) is 11.6 Å². The summed E-state index contributed by atoms with van der Waals surface area (Å²) in [6.07, 6.45) is 0. The molecular weight excluding hydrogens is 492 g/mol. The number of thioether (sulfide) groups is 1. The molecule has 1 aromatic heterocycles. The molecule has 1 amide bonds. The number of anilines is 1. The van der Waals surface area contributed by atoms with Crippen molar-refractivity contribution in [1.29, 1.82) is 0 Å². The van der Waals surface area contributed by atoms with Crippen molar-refractivity contribution in [1.82, 2.24) is 20.2 Å². The standard InChI is InChI=1S/C27H27ClN6OS/c1-18-9-11-21(12-10-18)19(2)30-32-26(35)20(3)36-27-33-31-25(34(27)24-7-5-4-6-8-24)17-29-23-15-13-22(28)14-16-23/h4-16,20,29H,17H2,1-3H3,(H,32,35)/b30-19+/t20-/m0/s1. The van der Waals surface area contributed by atoms with Gasteiger partial charge in [0.15, 0.2) is 11.0 Å². The topological polar surface area (TPSA) is 84.2 Å². The number of aryl methyl sites for hydroxylation is 1. The summed E-state index contributed by atoms with van der Waals surface area (Å²) in [5.74, 6) is 0.509. The second-order valence-corrected chi connectivity index (χ2v) is 9.97. The van der Waals surface area contributed by atoms with E-state index in [1.807, 2.05) is 104 Å². The zero-order valence-electron chi connectivity index (χ0n) is 20.3. The minimum atomic E-state index is -0.441. The quantitative estimate of drug-likeness (QED) is 0.165. The minimum Gasteiger partial charge on any atom is -0.378 e. The average Bonchev–Trinajstić information content (AvgIpc) is 3.29. The molecule has 0 saturated carbocycles. The predicted octanol–water partition coefficient (Wildman–Crippen LogP) is 5.86. The van der Waals surface area contributed by atoms with Crippen LogP contribution in [-0.4, -0.2) is 31.6 Å². The van der Waals surface area contributed by atoms with Crippen molar-refractivity contribution in [3.63, 3.8) is 0 Å². The van der Waals surface area contributed by atoms with Gasteiger partial charge in [0.1, 0.15) is 0 Å². The summed E-state index contributed by atoms with van der Waals surface area (Å²) in [7, 11) is 0. The molecule has 184 valence electrons. The van der Waals surface area contributed by atoms with E-state index in [2.05, 4.69) is 26.0 Å². The fourth-order valence-corrected chi connectivity index (χ4v) is 4.38. The van der Waals surface area contributed by atoms with E-state index < -0.39 is 5.25 Å². The van der Waals surface area contributed by atoms with Crippen LogP contribution >= 0.6 is 23.4 Å². The highest BCUT2D eigenvalue weighted by Gasteiger charge is 2.21. The second-order valence-electron chi connectivity index (χ2n) is 8.23. The number of hydrogen-bond donors (Lipinski definition) is 2. The molecule has 0 spiro atoms. The van der Waals surface area contributed by atoms with Crippen LogP contribution in [-0.2, 0) is 11.3 Å². The number of carbonyl (C=O) groups excluding carboxylic acids is 1. The lowest BCUT2D eigenvalue weighted by atomic mass is 10.1. The van der Waals surface area contributed by atoms with Gasteiger partial charge in [0, 0.05) is 16.4 Å². The van der Waals surface area contributed by atoms with Gasteiger partial charge in [-0.2, -0.15) is 5.10 Å². The Morgan fingerprint density at radius 3 is 2.42 bits per heavy atom. The molecule has 7 nitrogen and oxygen atoms in total. The van der Waals surface area contributed by atoms with Crippen LogP contribution in [0.3, 0.4) is 0 Å². The molecule has 4 aromatic rings. The van der Waals surface area contributed by atoms with Crippen LogP contribution in [0.5, 0.6) is 0 Å². The lowest BCUT2D eigenvalue weighted by Crippen LogP contribution is -2.28. The van der Waals surface area contributed by atoms with Gasteiger partial charge >= 0.3 is 0 Å². The molecule has 4 rings (SSSR count). The number of halogens is 1. The maximum Gasteiger partial charge on any atom is 0.253 e. The van der Waals surface area contributed by atoms with Crippen molar-refractivity contribution in [2.45, 2.75) is 37.7 Å². The van der Waals surface area contributed by atoms with Crippen LogP contribution in [0, 0.1) is 6.92 Å². The Labute approximate surface area is 220 Å². The predicted molar refractivity (Wildman–Crippen MR) is 147 cm³/mol. The van der Waals surface area contributed by atoms with E-state index in [0.29, 0.717) is 16.7 Å². The summed E-state index contributed by atoms with van der Waals surface area (Å²) in [6, 6.07) is 25.3. The van der Waals surface area contributed by atoms with Gasteiger partial charge in [-0.25, -0.2) is 5.43 Å². The monoisotopic (exact) mass is 518 g/mol. The van der Waals surface area contributed by atoms with Gasteiger partial charge in [0.25, 0.3) is 5.91 Å². The number of nitrogens with one attached hydrogen (secondary N) is 2. The Morgan fingerprint density at radius 1 is 1.03 bits per heavy atom. The van der Waals surface area contributed by atoms with Gasteiger partial charge in [-0.1, -0.05) is 71.4 Å². The van der Waals surface area contributed by atoms with Gasteiger partial charge in [-0.05, 0) is 62.7 Å². The number of benzene rings is 3. The molecule has 3 aromatic carbocycles. The summed E-state index contributed by atoms with van der Waals surface area (Å²) >= 11 is 7.32. The number of para-hydroxylation sites is 1. The van der Waals surface area contributed by atoms with E-state index in [9.17, 15) is 4.79 Å². The summed E-state index contributed by atoms with van der Waals surface area (Å²) in [4.78, 5) is 12.8. The summed E-state index contributed by atoms with van der Waals surface area (Å²) in [5.41, 5.74) is 7.39. The Hall–Kier alpha value is -3.62.